The molecule has 0 radical (unpaired) electrons. The highest BCUT2D eigenvalue weighted by Gasteiger charge is 2.31. The number of hydrogen-bond acceptors (Lipinski definition) is 7. The zero-order valence-corrected chi connectivity index (χ0v) is 25.3. The first-order valence-corrected chi connectivity index (χ1v) is 16.4. The van der Waals surface area contributed by atoms with Crippen LogP contribution in [-0.2, 0) is 22.7 Å². The van der Waals surface area contributed by atoms with Gasteiger partial charge in [0.2, 0.25) is 0 Å². The van der Waals surface area contributed by atoms with Gasteiger partial charge in [-0.25, -0.2) is 19.8 Å². The highest BCUT2D eigenvalue weighted by molar-refractivity contribution is 8.32. The monoisotopic (exact) mass is 571 g/mol. The van der Waals surface area contributed by atoms with Crippen LogP contribution in [0.25, 0.3) is 11.0 Å². The van der Waals surface area contributed by atoms with Gasteiger partial charge in [-0.05, 0) is 69.7 Å². The number of primary amides is 1. The predicted octanol–water partition coefficient (Wildman–Crippen LogP) is 5.23. The molecule has 0 spiro atoms. The number of aromatic nitrogens is 3. The molecule has 4 rings (SSSR count). The molecule has 0 saturated carbocycles. The molecular weight excluding hydrogens is 530 g/mol. The number of amides is 2. The maximum Gasteiger partial charge on any atom is 0.410 e. The number of carbonyl (C=O) groups is 2. The Morgan fingerprint density at radius 3 is 2.58 bits per heavy atom. The van der Waals surface area contributed by atoms with Gasteiger partial charge in [0.15, 0.2) is 0 Å². The molecule has 1 aliphatic rings. The summed E-state index contributed by atoms with van der Waals surface area (Å²) in [6, 6.07) is 5.34. The molecule has 11 heteroatoms. The van der Waals surface area contributed by atoms with Crippen LogP contribution in [0.5, 0.6) is 11.5 Å². The minimum atomic E-state index is -0.700. The van der Waals surface area contributed by atoms with E-state index in [1.54, 1.807) is 34.0 Å². The lowest BCUT2D eigenvalue weighted by molar-refractivity contribution is 0.0202. The van der Waals surface area contributed by atoms with Crippen molar-refractivity contribution in [1.29, 1.82) is 0 Å². The molecule has 0 bridgehead atoms. The van der Waals surface area contributed by atoms with Crippen LogP contribution in [0.1, 0.15) is 61.8 Å². The fourth-order valence-electron chi connectivity index (χ4n) is 4.60. The van der Waals surface area contributed by atoms with Crippen LogP contribution < -0.4 is 10.5 Å². The zero-order valence-electron chi connectivity index (χ0n) is 24.5. The van der Waals surface area contributed by atoms with Gasteiger partial charge in [-0.1, -0.05) is 6.92 Å². The van der Waals surface area contributed by atoms with E-state index in [1.165, 1.54) is 0 Å². The van der Waals surface area contributed by atoms with Crippen molar-refractivity contribution in [3.63, 3.8) is 0 Å². The van der Waals surface area contributed by atoms with Crippen molar-refractivity contribution in [2.75, 3.05) is 37.7 Å². The summed E-state index contributed by atoms with van der Waals surface area (Å²) in [6.45, 7) is 9.34. The summed E-state index contributed by atoms with van der Waals surface area (Å²) in [4.78, 5) is 36.0. The van der Waals surface area contributed by atoms with Gasteiger partial charge in [0.05, 0.1) is 30.4 Å². The highest BCUT2D eigenvalue weighted by atomic mass is 32.3. The van der Waals surface area contributed by atoms with E-state index >= 15 is 0 Å². The van der Waals surface area contributed by atoms with Crippen molar-refractivity contribution < 1.29 is 23.8 Å². The molecule has 4 heterocycles. The Hall–Kier alpha value is -3.31. The van der Waals surface area contributed by atoms with E-state index in [0.717, 1.165) is 23.4 Å². The largest absolute Gasteiger partial charge is 0.455 e. The van der Waals surface area contributed by atoms with Crippen LogP contribution >= 0.6 is 10.0 Å². The number of nitrogens with zero attached hydrogens (tertiary/aromatic N) is 4. The number of rotatable bonds is 9. The van der Waals surface area contributed by atoms with Crippen LogP contribution in [-0.4, -0.2) is 74.7 Å². The van der Waals surface area contributed by atoms with E-state index in [2.05, 4.69) is 30.7 Å². The molecule has 0 saturated heterocycles. The quantitative estimate of drug-likeness (QED) is 0.349. The van der Waals surface area contributed by atoms with Crippen molar-refractivity contribution in [1.82, 2.24) is 19.4 Å². The second-order valence-corrected chi connectivity index (χ2v) is 16.6. The molecule has 40 heavy (non-hydrogen) atoms. The second-order valence-electron chi connectivity index (χ2n) is 12.0. The second kappa shape index (κ2) is 11.7. The summed E-state index contributed by atoms with van der Waals surface area (Å²) in [5.41, 5.74) is 7.84. The summed E-state index contributed by atoms with van der Waals surface area (Å²) in [6.07, 6.45) is 10.5. The minimum Gasteiger partial charge on any atom is -0.455 e. The Balaban J connectivity index is 1.60. The average molecular weight is 572 g/mol. The van der Waals surface area contributed by atoms with Gasteiger partial charge in [0, 0.05) is 24.4 Å². The summed E-state index contributed by atoms with van der Waals surface area (Å²) >= 11 is 0. The molecule has 2 N–H and O–H groups in total. The van der Waals surface area contributed by atoms with Crippen molar-refractivity contribution in [3.8, 4) is 11.5 Å². The fraction of sp³-hybridized carbons (Fsp3) is 0.517. The van der Waals surface area contributed by atoms with Crippen LogP contribution in [0.4, 0.5) is 4.79 Å². The molecule has 1 atom stereocenters. The van der Waals surface area contributed by atoms with E-state index in [9.17, 15) is 9.59 Å². The van der Waals surface area contributed by atoms with Gasteiger partial charge in [0.1, 0.15) is 35.2 Å². The summed E-state index contributed by atoms with van der Waals surface area (Å²) in [5.74, 6) is 1.52. The van der Waals surface area contributed by atoms with Crippen molar-refractivity contribution in [2.45, 2.75) is 58.9 Å². The molecule has 3 aromatic heterocycles. The van der Waals surface area contributed by atoms with Gasteiger partial charge in [-0.3, -0.25) is 14.3 Å². The Morgan fingerprint density at radius 2 is 1.93 bits per heavy atom. The lowest BCUT2D eigenvalue weighted by atomic mass is 9.93. The summed E-state index contributed by atoms with van der Waals surface area (Å²) in [5, 5.41) is 0.640. The van der Waals surface area contributed by atoms with Gasteiger partial charge >= 0.3 is 6.09 Å². The third-order valence-corrected chi connectivity index (χ3v) is 8.00. The van der Waals surface area contributed by atoms with Crippen LogP contribution in [0.15, 0.2) is 30.6 Å². The topological polar surface area (TPSA) is 122 Å². The number of pyridine rings is 2. The molecule has 10 nitrogen and oxygen atoms in total. The summed E-state index contributed by atoms with van der Waals surface area (Å²) in [7, 11) is -0.700. The van der Waals surface area contributed by atoms with Crippen molar-refractivity contribution in [3.05, 3.63) is 47.5 Å². The van der Waals surface area contributed by atoms with Crippen LogP contribution in [0.3, 0.4) is 0 Å². The normalized spacial score (nSPS) is 16.1. The lowest BCUT2D eigenvalue weighted by Gasteiger charge is -2.34. The van der Waals surface area contributed by atoms with Gasteiger partial charge < -0.3 is 24.8 Å². The number of hydrogen-bond donors (Lipinski definition) is 1. The number of fused-ring (bicyclic) bond motifs is 2. The maximum atomic E-state index is 12.8. The Bertz CT molecular complexity index is 1390. The van der Waals surface area contributed by atoms with E-state index < -0.39 is 21.5 Å². The molecule has 0 aliphatic carbocycles. The van der Waals surface area contributed by atoms with Crippen LogP contribution in [0.2, 0.25) is 0 Å². The molecule has 0 unspecified atom stereocenters. The summed E-state index contributed by atoms with van der Waals surface area (Å²) < 4.78 is 19.5. The van der Waals surface area contributed by atoms with Crippen molar-refractivity contribution in [2.24, 2.45) is 5.73 Å². The standard InChI is InChI=1S/C29H41N5O5S/c1-8-19-16-33(28(36)39-29(2,3)4)17-20-13-21(15-32-25(19)20)38-24-9-10-31-27-22(24)14-23(26(30)35)34(27)18-37-11-12-40(5,6)7/h9-10,13-15,19H,8,11-12,16-18H2,1-7H3,(H2,30,35)/t19-/m0/s1. The van der Waals surface area contributed by atoms with Gasteiger partial charge in [-0.2, -0.15) is 0 Å². The lowest BCUT2D eigenvalue weighted by Crippen LogP contribution is -2.41. The molecule has 0 fully saturated rings. The minimum absolute atomic E-state index is 0.102. The fourth-order valence-corrected chi connectivity index (χ4v) is 5.22. The maximum absolute atomic E-state index is 12.8. The smallest absolute Gasteiger partial charge is 0.410 e. The number of ether oxygens (including phenoxy) is 3. The van der Waals surface area contributed by atoms with Crippen LogP contribution in [0, 0.1) is 0 Å². The average Bonchev–Trinajstić information content (AvgIpc) is 3.24. The predicted molar refractivity (Wildman–Crippen MR) is 158 cm³/mol. The van der Waals surface area contributed by atoms with E-state index in [4.69, 9.17) is 24.9 Å². The van der Waals surface area contributed by atoms with Crippen molar-refractivity contribution >= 4 is 33.1 Å². The van der Waals surface area contributed by atoms with E-state index in [-0.39, 0.29) is 18.7 Å². The zero-order chi connectivity index (χ0) is 29.2. The van der Waals surface area contributed by atoms with E-state index in [1.807, 2.05) is 26.8 Å². The van der Waals surface area contributed by atoms with Gasteiger partial charge in [0.25, 0.3) is 5.91 Å². The molecular formula is C29H41N5O5S. The molecule has 1 aliphatic heterocycles. The van der Waals surface area contributed by atoms with Gasteiger partial charge in [-0.15, -0.1) is 0 Å². The van der Waals surface area contributed by atoms with E-state index in [0.29, 0.717) is 47.9 Å². The Kier molecular flexibility index (Phi) is 8.65. The molecule has 0 aromatic carbocycles. The number of carbonyl (C=O) groups excluding carboxylic acids is 2. The highest BCUT2D eigenvalue weighted by Crippen LogP contribution is 2.36. The first-order chi connectivity index (χ1) is 18.8. The first-order valence-electron chi connectivity index (χ1n) is 13.4. The molecule has 218 valence electrons. The molecule has 2 amide bonds. The third kappa shape index (κ3) is 7.06. The first kappa shape index (κ1) is 29.7. The Labute approximate surface area is 237 Å². The molecule has 3 aromatic rings. The third-order valence-electron chi connectivity index (χ3n) is 6.61. The SMILES string of the molecule is CC[C@H]1CN(C(=O)OC(C)(C)C)Cc2cc(Oc3ccnc4c3cc(C(N)=O)n4COCCS(C)(C)C)cnc21. The Morgan fingerprint density at radius 1 is 1.18 bits per heavy atom. The number of nitrogens with two attached hydrogens (primary N) is 1.